The van der Waals surface area contributed by atoms with Gasteiger partial charge < -0.3 is 10.5 Å². The van der Waals surface area contributed by atoms with Crippen molar-refractivity contribution in [1.82, 2.24) is 0 Å². The van der Waals surface area contributed by atoms with Crippen molar-refractivity contribution in [1.29, 1.82) is 0 Å². The van der Waals surface area contributed by atoms with E-state index in [-0.39, 0.29) is 28.1 Å². The fourth-order valence-electron chi connectivity index (χ4n) is 1.63. The highest BCUT2D eigenvalue weighted by Crippen LogP contribution is 2.37. The number of nitro groups is 1. The number of nitro benzene ring substituents is 1. The molecule has 0 aliphatic rings. The van der Waals surface area contributed by atoms with Gasteiger partial charge >= 0.3 is 0 Å². The molecule has 0 bridgehead atoms. The lowest BCUT2D eigenvalue weighted by atomic mass is 10.2. The third-order valence-corrected chi connectivity index (χ3v) is 3.09. The van der Waals surface area contributed by atoms with Crippen LogP contribution in [-0.2, 0) is 6.61 Å². The molecule has 20 heavy (non-hydrogen) atoms. The molecule has 104 valence electrons. The molecule has 0 spiro atoms. The number of benzene rings is 2. The second-order valence-electron chi connectivity index (χ2n) is 4.03. The summed E-state index contributed by atoms with van der Waals surface area (Å²) in [5.74, 6) is 0.210. The van der Waals surface area contributed by atoms with Crippen molar-refractivity contribution in [2.75, 3.05) is 5.73 Å². The molecule has 0 aromatic heterocycles. The van der Waals surface area contributed by atoms with Crippen molar-refractivity contribution in [2.24, 2.45) is 0 Å². The lowest BCUT2D eigenvalue weighted by Gasteiger charge is -2.10. The smallest absolute Gasteiger partial charge is 0.272 e. The van der Waals surface area contributed by atoms with Crippen molar-refractivity contribution >= 4 is 34.6 Å². The quantitative estimate of drug-likeness (QED) is 0.524. The molecule has 5 nitrogen and oxygen atoms in total. The number of nitrogens with zero attached hydrogens (tertiary/aromatic N) is 1. The first-order chi connectivity index (χ1) is 9.47. The third-order valence-electron chi connectivity index (χ3n) is 2.53. The van der Waals surface area contributed by atoms with E-state index in [0.29, 0.717) is 5.69 Å². The van der Waals surface area contributed by atoms with E-state index >= 15 is 0 Å². The lowest BCUT2D eigenvalue weighted by Crippen LogP contribution is -1.98. The molecule has 2 rings (SSSR count). The Hall–Kier alpha value is -1.98. The maximum absolute atomic E-state index is 10.7. The van der Waals surface area contributed by atoms with Crippen LogP contribution in [0.15, 0.2) is 36.4 Å². The Morgan fingerprint density at radius 2 is 1.85 bits per heavy atom. The minimum Gasteiger partial charge on any atom is -0.486 e. The normalized spacial score (nSPS) is 10.3. The highest BCUT2D eigenvalue weighted by atomic mass is 35.5. The van der Waals surface area contributed by atoms with Gasteiger partial charge in [-0.05, 0) is 17.7 Å². The van der Waals surface area contributed by atoms with Crippen LogP contribution in [0.1, 0.15) is 5.56 Å². The number of hydrogen-bond acceptors (Lipinski definition) is 4. The van der Waals surface area contributed by atoms with Gasteiger partial charge in [0.05, 0.1) is 15.0 Å². The van der Waals surface area contributed by atoms with Gasteiger partial charge in [-0.3, -0.25) is 10.1 Å². The fraction of sp³-hybridized carbons (Fsp3) is 0.0769. The van der Waals surface area contributed by atoms with Gasteiger partial charge in [0.25, 0.3) is 5.69 Å². The first-order valence-corrected chi connectivity index (χ1v) is 6.33. The van der Waals surface area contributed by atoms with Crippen LogP contribution in [0.25, 0.3) is 0 Å². The standard InChI is InChI=1S/C13H10Cl2N2O3/c14-11-5-10(17(18)19)6-12(15)13(11)20-7-8-2-1-3-9(16)4-8/h1-6H,7,16H2. The molecule has 2 aromatic carbocycles. The Morgan fingerprint density at radius 3 is 2.40 bits per heavy atom. The molecule has 2 aromatic rings. The lowest BCUT2D eigenvalue weighted by molar-refractivity contribution is -0.384. The zero-order chi connectivity index (χ0) is 14.7. The summed E-state index contributed by atoms with van der Waals surface area (Å²) < 4.78 is 5.50. The molecule has 0 saturated carbocycles. The van der Waals surface area contributed by atoms with Gasteiger partial charge in [0, 0.05) is 17.8 Å². The molecule has 0 aliphatic carbocycles. The van der Waals surface area contributed by atoms with Crippen LogP contribution in [0.3, 0.4) is 0 Å². The van der Waals surface area contributed by atoms with Crippen molar-refractivity contribution in [3.05, 3.63) is 62.1 Å². The van der Waals surface area contributed by atoms with E-state index in [1.165, 1.54) is 12.1 Å². The average Bonchev–Trinajstić information content (AvgIpc) is 2.37. The van der Waals surface area contributed by atoms with Crippen LogP contribution in [0, 0.1) is 10.1 Å². The number of hydrogen-bond donors (Lipinski definition) is 1. The van der Waals surface area contributed by atoms with Crippen LogP contribution < -0.4 is 10.5 Å². The van der Waals surface area contributed by atoms with E-state index in [1.54, 1.807) is 18.2 Å². The molecule has 0 heterocycles. The monoisotopic (exact) mass is 312 g/mol. The predicted octanol–water partition coefficient (Wildman–Crippen LogP) is 4.06. The van der Waals surface area contributed by atoms with E-state index in [0.717, 1.165) is 5.56 Å². The summed E-state index contributed by atoms with van der Waals surface area (Å²) >= 11 is 11.9. The number of nitrogens with two attached hydrogens (primary N) is 1. The van der Waals surface area contributed by atoms with Crippen LogP contribution >= 0.6 is 23.2 Å². The van der Waals surface area contributed by atoms with Gasteiger partial charge in [-0.1, -0.05) is 35.3 Å². The van der Waals surface area contributed by atoms with Gasteiger partial charge in [0.2, 0.25) is 0 Å². The van der Waals surface area contributed by atoms with Crippen LogP contribution in [0.2, 0.25) is 10.0 Å². The molecular weight excluding hydrogens is 303 g/mol. The molecule has 2 N–H and O–H groups in total. The summed E-state index contributed by atoms with van der Waals surface area (Å²) in [6.45, 7) is 0.211. The number of halogens is 2. The number of non-ortho nitro benzene ring substituents is 1. The van der Waals surface area contributed by atoms with Crippen LogP contribution in [-0.4, -0.2) is 4.92 Å². The number of nitrogen functional groups attached to an aromatic ring is 1. The van der Waals surface area contributed by atoms with E-state index in [4.69, 9.17) is 33.7 Å². The van der Waals surface area contributed by atoms with Crippen LogP contribution in [0.5, 0.6) is 5.75 Å². The number of ether oxygens (including phenoxy) is 1. The molecule has 0 fully saturated rings. The van der Waals surface area contributed by atoms with Crippen LogP contribution in [0.4, 0.5) is 11.4 Å². The first kappa shape index (κ1) is 14.4. The zero-order valence-electron chi connectivity index (χ0n) is 10.2. The molecule has 0 radical (unpaired) electrons. The molecular formula is C13H10Cl2N2O3. The van der Waals surface area contributed by atoms with Gasteiger partial charge in [-0.15, -0.1) is 0 Å². The maximum Gasteiger partial charge on any atom is 0.272 e. The minimum absolute atomic E-state index is 0.0908. The van der Waals surface area contributed by atoms with Crippen molar-refractivity contribution < 1.29 is 9.66 Å². The summed E-state index contributed by atoms with van der Waals surface area (Å²) in [7, 11) is 0. The SMILES string of the molecule is Nc1cccc(COc2c(Cl)cc([N+](=O)[O-])cc2Cl)c1. The summed E-state index contributed by atoms with van der Waals surface area (Å²) in [6.07, 6.45) is 0. The molecule has 0 amide bonds. The number of rotatable bonds is 4. The third kappa shape index (κ3) is 3.31. The van der Waals surface area contributed by atoms with Gasteiger partial charge in [-0.25, -0.2) is 0 Å². The second kappa shape index (κ2) is 5.98. The largest absolute Gasteiger partial charge is 0.486 e. The van der Waals surface area contributed by atoms with Gasteiger partial charge in [-0.2, -0.15) is 0 Å². The maximum atomic E-state index is 10.7. The molecule has 0 aliphatic heterocycles. The number of anilines is 1. The Morgan fingerprint density at radius 1 is 1.20 bits per heavy atom. The van der Waals surface area contributed by atoms with Gasteiger partial charge in [0.1, 0.15) is 6.61 Å². The minimum atomic E-state index is -0.570. The van der Waals surface area contributed by atoms with Crippen molar-refractivity contribution in [2.45, 2.75) is 6.61 Å². The fourth-order valence-corrected chi connectivity index (χ4v) is 2.21. The van der Waals surface area contributed by atoms with E-state index in [9.17, 15) is 10.1 Å². The topological polar surface area (TPSA) is 78.4 Å². The molecule has 0 saturated heterocycles. The van der Waals surface area contributed by atoms with Crippen molar-refractivity contribution in [3.63, 3.8) is 0 Å². The molecule has 7 heteroatoms. The van der Waals surface area contributed by atoms with E-state index in [1.807, 2.05) is 6.07 Å². The second-order valence-corrected chi connectivity index (χ2v) is 4.84. The van der Waals surface area contributed by atoms with E-state index in [2.05, 4.69) is 0 Å². The molecule has 0 unspecified atom stereocenters. The Labute approximate surface area is 125 Å². The zero-order valence-corrected chi connectivity index (χ0v) is 11.7. The predicted molar refractivity (Wildman–Crippen MR) is 78.3 cm³/mol. The average molecular weight is 313 g/mol. The van der Waals surface area contributed by atoms with E-state index < -0.39 is 4.92 Å². The Balaban J connectivity index is 2.20. The van der Waals surface area contributed by atoms with Gasteiger partial charge in [0.15, 0.2) is 5.75 Å². The summed E-state index contributed by atoms with van der Waals surface area (Å²) in [5.41, 5.74) is 6.93. The van der Waals surface area contributed by atoms with Crippen molar-refractivity contribution in [3.8, 4) is 5.75 Å². The Kier molecular flexibility index (Phi) is 4.32. The first-order valence-electron chi connectivity index (χ1n) is 5.58. The highest BCUT2D eigenvalue weighted by Gasteiger charge is 2.15. The molecule has 0 atom stereocenters. The summed E-state index contributed by atoms with van der Waals surface area (Å²) in [5, 5.41) is 10.8. The summed E-state index contributed by atoms with van der Waals surface area (Å²) in [4.78, 5) is 10.1. The Bertz CT molecular complexity index is 639. The summed E-state index contributed by atoms with van der Waals surface area (Å²) in [6, 6.07) is 9.55. The highest BCUT2D eigenvalue weighted by molar-refractivity contribution is 6.37.